The van der Waals surface area contributed by atoms with Crippen molar-refractivity contribution in [3.05, 3.63) is 77.1 Å². The second kappa shape index (κ2) is 5.61. The van der Waals surface area contributed by atoms with Gasteiger partial charge in [0.25, 0.3) is 0 Å². The Kier molecular flexibility index (Phi) is 3.68. The lowest BCUT2D eigenvalue weighted by Gasteiger charge is -2.13. The van der Waals surface area contributed by atoms with Gasteiger partial charge in [0.05, 0.1) is 11.7 Å². The van der Waals surface area contributed by atoms with E-state index in [1.807, 2.05) is 48.7 Å². The molecule has 0 fully saturated rings. The van der Waals surface area contributed by atoms with Gasteiger partial charge in [-0.3, -0.25) is 4.98 Å². The number of halogens is 1. The highest BCUT2D eigenvalue weighted by Gasteiger charge is 2.12. The van der Waals surface area contributed by atoms with Crippen LogP contribution in [0.15, 0.2) is 60.8 Å². The van der Waals surface area contributed by atoms with Crippen molar-refractivity contribution in [1.82, 2.24) is 4.98 Å². The lowest BCUT2D eigenvalue weighted by molar-refractivity contribution is 0.704. The first kappa shape index (κ1) is 13.1. The van der Waals surface area contributed by atoms with Gasteiger partial charge in [0, 0.05) is 16.6 Å². The molecule has 3 rings (SSSR count). The van der Waals surface area contributed by atoms with Gasteiger partial charge in [0.1, 0.15) is 0 Å². The molecule has 3 aromatic rings. The Hall–Kier alpha value is -1.90. The van der Waals surface area contributed by atoms with Crippen LogP contribution in [-0.4, -0.2) is 4.98 Å². The molecule has 2 N–H and O–H groups in total. The van der Waals surface area contributed by atoms with E-state index in [0.717, 1.165) is 28.1 Å². The van der Waals surface area contributed by atoms with E-state index in [1.165, 1.54) is 5.39 Å². The van der Waals surface area contributed by atoms with Gasteiger partial charge < -0.3 is 5.73 Å². The minimum Gasteiger partial charge on any atom is -0.322 e. The lowest BCUT2D eigenvalue weighted by atomic mass is 9.99. The molecule has 0 aliphatic carbocycles. The maximum Gasteiger partial charge on any atom is 0.0652 e. The molecule has 0 saturated heterocycles. The van der Waals surface area contributed by atoms with Crippen molar-refractivity contribution in [2.24, 2.45) is 5.73 Å². The van der Waals surface area contributed by atoms with Crippen LogP contribution in [0.1, 0.15) is 17.3 Å². The number of fused-ring (bicyclic) bond motifs is 1. The summed E-state index contributed by atoms with van der Waals surface area (Å²) in [6.07, 6.45) is 2.57. The minimum atomic E-state index is -0.123. The van der Waals surface area contributed by atoms with Gasteiger partial charge in [0.15, 0.2) is 0 Å². The molecule has 0 aliphatic heterocycles. The third-order valence-corrected chi connectivity index (χ3v) is 3.68. The van der Waals surface area contributed by atoms with E-state index in [0.29, 0.717) is 0 Å². The number of benzene rings is 2. The van der Waals surface area contributed by atoms with E-state index >= 15 is 0 Å². The number of aromatic nitrogens is 1. The quantitative estimate of drug-likeness (QED) is 0.784. The summed E-state index contributed by atoms with van der Waals surface area (Å²) in [5.74, 6) is 0. The normalized spacial score (nSPS) is 12.5. The lowest BCUT2D eigenvalue weighted by Crippen LogP contribution is -2.15. The molecule has 3 heteroatoms. The summed E-state index contributed by atoms with van der Waals surface area (Å²) in [5.41, 5.74) is 8.44. The summed E-state index contributed by atoms with van der Waals surface area (Å²) in [4.78, 5) is 4.47. The third-order valence-electron chi connectivity index (χ3n) is 3.42. The number of pyridine rings is 1. The molecular formula is C17H15ClN2. The Morgan fingerprint density at radius 2 is 1.75 bits per heavy atom. The third kappa shape index (κ3) is 2.67. The summed E-state index contributed by atoms with van der Waals surface area (Å²) < 4.78 is 0. The Morgan fingerprint density at radius 1 is 1.00 bits per heavy atom. The van der Waals surface area contributed by atoms with Crippen LogP contribution in [0.5, 0.6) is 0 Å². The van der Waals surface area contributed by atoms with E-state index in [9.17, 15) is 0 Å². The maximum absolute atomic E-state index is 6.34. The van der Waals surface area contributed by atoms with Gasteiger partial charge >= 0.3 is 0 Å². The molecule has 100 valence electrons. The van der Waals surface area contributed by atoms with Gasteiger partial charge in [-0.25, -0.2) is 0 Å². The van der Waals surface area contributed by atoms with Gasteiger partial charge in [-0.1, -0.05) is 48.0 Å². The van der Waals surface area contributed by atoms with E-state index in [4.69, 9.17) is 17.3 Å². The van der Waals surface area contributed by atoms with E-state index in [1.54, 1.807) is 0 Å². The average Bonchev–Trinajstić information content (AvgIpc) is 2.49. The van der Waals surface area contributed by atoms with E-state index in [2.05, 4.69) is 17.1 Å². The zero-order valence-corrected chi connectivity index (χ0v) is 11.7. The zero-order chi connectivity index (χ0) is 13.9. The van der Waals surface area contributed by atoms with Crippen molar-refractivity contribution in [2.75, 3.05) is 0 Å². The summed E-state index contributed by atoms with van der Waals surface area (Å²) in [6, 6.07) is 17.9. The number of hydrogen-bond acceptors (Lipinski definition) is 2. The number of nitrogens with zero attached hydrogens (tertiary/aromatic N) is 1. The summed E-state index contributed by atoms with van der Waals surface area (Å²) in [6.45, 7) is 0. The van der Waals surface area contributed by atoms with Crippen LogP contribution in [0, 0.1) is 0 Å². The average molecular weight is 283 g/mol. The van der Waals surface area contributed by atoms with Crippen LogP contribution in [0.3, 0.4) is 0 Å². The fraction of sp³-hybridized carbons (Fsp3) is 0.118. The number of nitrogens with two attached hydrogens (primary N) is 1. The predicted molar refractivity (Wildman–Crippen MR) is 83.8 cm³/mol. The van der Waals surface area contributed by atoms with Crippen molar-refractivity contribution in [3.8, 4) is 0 Å². The Morgan fingerprint density at radius 3 is 2.55 bits per heavy atom. The number of rotatable bonds is 3. The van der Waals surface area contributed by atoms with E-state index in [-0.39, 0.29) is 6.04 Å². The Bertz CT molecular complexity index is 717. The first-order chi connectivity index (χ1) is 9.74. The monoisotopic (exact) mass is 282 g/mol. The molecule has 1 aromatic heterocycles. The van der Waals surface area contributed by atoms with Crippen LogP contribution < -0.4 is 5.73 Å². The largest absolute Gasteiger partial charge is 0.322 e. The van der Waals surface area contributed by atoms with Crippen molar-refractivity contribution in [2.45, 2.75) is 12.5 Å². The van der Waals surface area contributed by atoms with Crippen molar-refractivity contribution >= 4 is 22.4 Å². The van der Waals surface area contributed by atoms with Gasteiger partial charge in [-0.15, -0.1) is 0 Å². The second-order valence-corrected chi connectivity index (χ2v) is 5.29. The molecule has 2 nitrogen and oxygen atoms in total. The molecule has 20 heavy (non-hydrogen) atoms. The first-order valence-corrected chi connectivity index (χ1v) is 6.95. The molecule has 0 radical (unpaired) electrons. The zero-order valence-electron chi connectivity index (χ0n) is 11.0. The molecular weight excluding hydrogens is 268 g/mol. The molecule has 2 aromatic carbocycles. The van der Waals surface area contributed by atoms with Crippen molar-refractivity contribution < 1.29 is 0 Å². The van der Waals surface area contributed by atoms with Gasteiger partial charge in [0.2, 0.25) is 0 Å². The number of hydrogen-bond donors (Lipinski definition) is 1. The van der Waals surface area contributed by atoms with Crippen molar-refractivity contribution in [1.29, 1.82) is 0 Å². The highest BCUT2D eigenvalue weighted by molar-refractivity contribution is 6.30. The van der Waals surface area contributed by atoms with Gasteiger partial charge in [-0.05, 0) is 35.6 Å². The molecule has 0 spiro atoms. The fourth-order valence-corrected chi connectivity index (χ4v) is 2.54. The molecule has 0 saturated carbocycles. The molecule has 0 amide bonds. The van der Waals surface area contributed by atoms with E-state index < -0.39 is 0 Å². The Balaban J connectivity index is 1.92. The molecule has 1 unspecified atom stereocenters. The first-order valence-electron chi connectivity index (χ1n) is 6.58. The summed E-state index contributed by atoms with van der Waals surface area (Å²) >= 11 is 5.90. The molecule has 1 atom stereocenters. The smallest absolute Gasteiger partial charge is 0.0652 e. The van der Waals surface area contributed by atoms with Gasteiger partial charge in [-0.2, -0.15) is 0 Å². The maximum atomic E-state index is 6.34. The molecule has 0 aliphatic rings. The second-order valence-electron chi connectivity index (χ2n) is 4.85. The fourth-order valence-electron chi connectivity index (χ4n) is 2.41. The topological polar surface area (TPSA) is 38.9 Å². The van der Waals surface area contributed by atoms with Crippen LogP contribution in [0.4, 0.5) is 0 Å². The highest BCUT2D eigenvalue weighted by atomic mass is 35.5. The minimum absolute atomic E-state index is 0.123. The summed E-state index contributed by atoms with van der Waals surface area (Å²) in [5, 5.41) is 3.03. The molecule has 1 heterocycles. The van der Waals surface area contributed by atoms with Crippen LogP contribution in [0.2, 0.25) is 5.02 Å². The highest BCUT2D eigenvalue weighted by Crippen LogP contribution is 2.23. The summed E-state index contributed by atoms with van der Waals surface area (Å²) in [7, 11) is 0. The molecule has 0 bridgehead atoms. The van der Waals surface area contributed by atoms with Crippen molar-refractivity contribution in [3.63, 3.8) is 0 Å². The predicted octanol–water partition coefficient (Wildman–Crippen LogP) is 4.13. The van der Waals surface area contributed by atoms with Crippen LogP contribution in [-0.2, 0) is 6.42 Å². The van der Waals surface area contributed by atoms with Crippen LogP contribution in [0.25, 0.3) is 10.8 Å². The SMILES string of the molecule is NC(Cc1ccc(Cl)cc1)c1nccc2ccccc12. The standard InChI is InChI=1S/C17H15ClN2/c18-14-7-5-12(6-8-14)11-16(19)17-15-4-2-1-3-13(15)9-10-20-17/h1-10,16H,11,19H2. The Labute approximate surface area is 123 Å². The van der Waals surface area contributed by atoms with Crippen LogP contribution >= 0.6 is 11.6 Å².